The molecule has 0 aromatic carbocycles. The molecule has 12 heteroatoms. The molecule has 1 N–H and O–H groups in total. The van der Waals surface area contributed by atoms with E-state index in [1.807, 2.05) is 4.90 Å². The summed E-state index contributed by atoms with van der Waals surface area (Å²) in [5.74, 6) is 0.854. The summed E-state index contributed by atoms with van der Waals surface area (Å²) in [7, 11) is -3.09. The SMILES string of the molecule is O=S1(=O)CCc2nnc(N3CCC(Nc4cc(C(F)(F)F)ncn4)CC3)cc2C1. The van der Waals surface area contributed by atoms with Crippen LogP contribution in [0.15, 0.2) is 18.5 Å². The molecule has 156 valence electrons. The number of piperidine rings is 1. The predicted octanol–water partition coefficient (Wildman–Crippen LogP) is 1.84. The summed E-state index contributed by atoms with van der Waals surface area (Å²) in [6.07, 6.45) is -1.89. The molecule has 2 aromatic heterocycles. The highest BCUT2D eigenvalue weighted by atomic mass is 32.2. The van der Waals surface area contributed by atoms with Crippen LogP contribution in [0.25, 0.3) is 0 Å². The van der Waals surface area contributed by atoms with Crippen LogP contribution >= 0.6 is 0 Å². The summed E-state index contributed by atoms with van der Waals surface area (Å²) < 4.78 is 62.0. The van der Waals surface area contributed by atoms with Crippen molar-refractivity contribution in [2.75, 3.05) is 29.1 Å². The maximum absolute atomic E-state index is 12.8. The lowest BCUT2D eigenvalue weighted by Gasteiger charge is -2.33. The minimum atomic E-state index is -4.51. The Balaban J connectivity index is 1.39. The molecule has 0 bridgehead atoms. The number of aryl methyl sites for hydroxylation is 1. The summed E-state index contributed by atoms with van der Waals surface area (Å²) in [4.78, 5) is 9.14. The van der Waals surface area contributed by atoms with Crippen LogP contribution in [0.2, 0.25) is 0 Å². The number of hydrogen-bond donors (Lipinski definition) is 1. The van der Waals surface area contributed by atoms with Crippen LogP contribution in [0.4, 0.5) is 24.8 Å². The highest BCUT2D eigenvalue weighted by Crippen LogP contribution is 2.29. The van der Waals surface area contributed by atoms with E-state index in [1.165, 1.54) is 0 Å². The van der Waals surface area contributed by atoms with Gasteiger partial charge in [-0.3, -0.25) is 0 Å². The first-order valence-electron chi connectivity index (χ1n) is 9.16. The highest BCUT2D eigenvalue weighted by Gasteiger charge is 2.33. The quantitative estimate of drug-likeness (QED) is 0.790. The molecule has 29 heavy (non-hydrogen) atoms. The second-order valence-electron chi connectivity index (χ2n) is 7.21. The maximum atomic E-state index is 12.8. The summed E-state index contributed by atoms with van der Waals surface area (Å²) in [5, 5.41) is 11.4. The number of aromatic nitrogens is 4. The average molecular weight is 428 g/mol. The minimum absolute atomic E-state index is 0.0157. The third-order valence-corrected chi connectivity index (χ3v) is 6.68. The van der Waals surface area contributed by atoms with Gasteiger partial charge in [0.2, 0.25) is 0 Å². The van der Waals surface area contributed by atoms with Crippen molar-refractivity contribution in [3.63, 3.8) is 0 Å². The van der Waals surface area contributed by atoms with E-state index < -0.39 is 21.7 Å². The van der Waals surface area contributed by atoms with Gasteiger partial charge in [0.1, 0.15) is 17.8 Å². The smallest absolute Gasteiger partial charge is 0.367 e. The Hall–Kier alpha value is -2.50. The minimum Gasteiger partial charge on any atom is -0.367 e. The Labute approximate surface area is 165 Å². The molecular formula is C17H19F3N6O2S. The molecule has 2 aliphatic rings. The lowest BCUT2D eigenvalue weighted by atomic mass is 10.0. The summed E-state index contributed by atoms with van der Waals surface area (Å²) >= 11 is 0. The molecular weight excluding hydrogens is 409 g/mol. The molecule has 0 unspecified atom stereocenters. The second kappa shape index (κ2) is 7.39. The van der Waals surface area contributed by atoms with E-state index in [1.54, 1.807) is 6.07 Å². The van der Waals surface area contributed by atoms with Gasteiger partial charge in [0, 0.05) is 31.6 Å². The topological polar surface area (TPSA) is 101 Å². The van der Waals surface area contributed by atoms with Gasteiger partial charge in [-0.05, 0) is 24.5 Å². The third-order valence-electron chi connectivity index (χ3n) is 5.10. The van der Waals surface area contributed by atoms with Crippen LogP contribution in [-0.4, -0.2) is 53.5 Å². The van der Waals surface area contributed by atoms with Crippen LogP contribution in [0, 0.1) is 0 Å². The number of halogens is 3. The lowest BCUT2D eigenvalue weighted by molar-refractivity contribution is -0.141. The Morgan fingerprint density at radius 2 is 1.86 bits per heavy atom. The fourth-order valence-corrected chi connectivity index (χ4v) is 4.92. The number of nitrogens with zero attached hydrogens (tertiary/aromatic N) is 5. The standard InChI is InChI=1S/C17H19F3N6O2S/c18-17(19,20)14-8-15(22-10-21-14)23-12-1-4-26(5-2-12)16-7-11-9-29(27,28)6-3-13(11)24-25-16/h7-8,10,12H,1-6,9H2,(H,21,22,23). The van der Waals surface area contributed by atoms with Crippen LogP contribution in [0.3, 0.4) is 0 Å². The van der Waals surface area contributed by atoms with E-state index in [0.29, 0.717) is 43.7 Å². The number of nitrogens with one attached hydrogen (secondary N) is 1. The molecule has 0 atom stereocenters. The number of hydrogen-bond acceptors (Lipinski definition) is 8. The number of rotatable bonds is 3. The maximum Gasteiger partial charge on any atom is 0.433 e. The zero-order chi connectivity index (χ0) is 20.6. The van der Waals surface area contributed by atoms with Crippen molar-refractivity contribution in [1.82, 2.24) is 20.2 Å². The van der Waals surface area contributed by atoms with Crippen molar-refractivity contribution >= 4 is 21.5 Å². The van der Waals surface area contributed by atoms with Crippen molar-refractivity contribution in [2.45, 2.75) is 37.2 Å². The highest BCUT2D eigenvalue weighted by molar-refractivity contribution is 7.90. The van der Waals surface area contributed by atoms with Crippen molar-refractivity contribution in [1.29, 1.82) is 0 Å². The number of fused-ring (bicyclic) bond motifs is 1. The van der Waals surface area contributed by atoms with Gasteiger partial charge in [-0.1, -0.05) is 0 Å². The van der Waals surface area contributed by atoms with Gasteiger partial charge in [-0.25, -0.2) is 18.4 Å². The van der Waals surface area contributed by atoms with Crippen molar-refractivity contribution in [3.05, 3.63) is 35.4 Å². The molecule has 0 aliphatic carbocycles. The van der Waals surface area contributed by atoms with Gasteiger partial charge in [0.05, 0.1) is 17.2 Å². The molecule has 0 amide bonds. The van der Waals surface area contributed by atoms with Crippen LogP contribution in [0.1, 0.15) is 29.8 Å². The zero-order valence-electron chi connectivity index (χ0n) is 15.4. The molecule has 0 saturated carbocycles. The first kappa shape index (κ1) is 19.8. The fourth-order valence-electron chi connectivity index (χ4n) is 3.55. The van der Waals surface area contributed by atoms with Crippen molar-refractivity contribution < 1.29 is 21.6 Å². The molecule has 8 nitrogen and oxygen atoms in total. The molecule has 1 fully saturated rings. The summed E-state index contributed by atoms with van der Waals surface area (Å²) in [6.45, 7) is 1.24. The van der Waals surface area contributed by atoms with Crippen LogP contribution in [0.5, 0.6) is 0 Å². The van der Waals surface area contributed by atoms with Crippen molar-refractivity contribution in [2.24, 2.45) is 0 Å². The molecule has 0 radical (unpaired) electrons. The number of alkyl halides is 3. The van der Waals surface area contributed by atoms with Gasteiger partial charge < -0.3 is 10.2 Å². The van der Waals surface area contributed by atoms with Gasteiger partial charge in [0.15, 0.2) is 15.7 Å². The van der Waals surface area contributed by atoms with E-state index in [2.05, 4.69) is 25.5 Å². The molecule has 2 aromatic rings. The normalized spacial score (nSPS) is 19.6. The van der Waals surface area contributed by atoms with E-state index >= 15 is 0 Å². The first-order chi connectivity index (χ1) is 13.7. The van der Waals surface area contributed by atoms with Gasteiger partial charge in [-0.15, -0.1) is 5.10 Å². The second-order valence-corrected chi connectivity index (χ2v) is 9.39. The molecule has 2 aliphatic heterocycles. The fraction of sp³-hybridized carbons (Fsp3) is 0.529. The summed E-state index contributed by atoms with van der Waals surface area (Å²) in [5.41, 5.74) is 0.443. The predicted molar refractivity (Wildman–Crippen MR) is 99.1 cm³/mol. The number of sulfone groups is 1. The van der Waals surface area contributed by atoms with E-state index in [-0.39, 0.29) is 23.4 Å². The van der Waals surface area contributed by atoms with Gasteiger partial charge >= 0.3 is 6.18 Å². The lowest BCUT2D eigenvalue weighted by Crippen LogP contribution is -2.40. The Morgan fingerprint density at radius 1 is 1.10 bits per heavy atom. The van der Waals surface area contributed by atoms with Crippen LogP contribution < -0.4 is 10.2 Å². The van der Waals surface area contributed by atoms with E-state index in [9.17, 15) is 21.6 Å². The number of anilines is 2. The Morgan fingerprint density at radius 3 is 2.59 bits per heavy atom. The molecule has 1 saturated heterocycles. The monoisotopic (exact) mass is 428 g/mol. The van der Waals surface area contributed by atoms with Crippen LogP contribution in [-0.2, 0) is 28.2 Å². The Kier molecular flexibility index (Phi) is 5.05. The average Bonchev–Trinajstić information content (AvgIpc) is 2.67. The Bertz CT molecular complexity index is 1010. The molecule has 0 spiro atoms. The largest absolute Gasteiger partial charge is 0.433 e. The van der Waals surface area contributed by atoms with E-state index in [0.717, 1.165) is 18.1 Å². The third kappa shape index (κ3) is 4.57. The summed E-state index contributed by atoms with van der Waals surface area (Å²) in [6, 6.07) is 2.66. The molecule has 4 rings (SSSR count). The zero-order valence-corrected chi connectivity index (χ0v) is 16.2. The van der Waals surface area contributed by atoms with Gasteiger partial charge in [0.25, 0.3) is 0 Å². The van der Waals surface area contributed by atoms with E-state index in [4.69, 9.17) is 0 Å². The van der Waals surface area contributed by atoms with Gasteiger partial charge in [-0.2, -0.15) is 18.3 Å². The molecule has 4 heterocycles. The van der Waals surface area contributed by atoms with Crippen molar-refractivity contribution in [3.8, 4) is 0 Å². The first-order valence-corrected chi connectivity index (χ1v) is 11.0.